The fraction of sp³-hybridized carbons (Fsp3) is 0.417. The van der Waals surface area contributed by atoms with Crippen molar-refractivity contribution in [1.82, 2.24) is 5.32 Å². The third-order valence-corrected chi connectivity index (χ3v) is 3.84. The van der Waals surface area contributed by atoms with Crippen molar-refractivity contribution in [2.45, 2.75) is 13.0 Å². The molecule has 0 spiro atoms. The Morgan fingerprint density at radius 3 is 2.81 bits per heavy atom. The van der Waals surface area contributed by atoms with E-state index in [0.717, 1.165) is 23.5 Å². The summed E-state index contributed by atoms with van der Waals surface area (Å²) in [6, 6.07) is 6.21. The van der Waals surface area contributed by atoms with Crippen LogP contribution in [0.1, 0.15) is 12.0 Å². The van der Waals surface area contributed by atoms with Gasteiger partial charge in [-0.05, 0) is 29.9 Å². The Morgan fingerprint density at radius 1 is 1.44 bits per heavy atom. The summed E-state index contributed by atoms with van der Waals surface area (Å²) in [7, 11) is 0. The Kier molecular flexibility index (Phi) is 3.83. The SMILES string of the molecule is O=C(NCc1ccc(F)cc1)C1CCSC1. The third-order valence-electron chi connectivity index (χ3n) is 2.68. The van der Waals surface area contributed by atoms with Gasteiger partial charge in [-0.3, -0.25) is 4.79 Å². The first-order valence-corrected chi connectivity index (χ1v) is 6.51. The van der Waals surface area contributed by atoms with Gasteiger partial charge in [-0.2, -0.15) is 11.8 Å². The van der Waals surface area contributed by atoms with Crippen LogP contribution in [0.2, 0.25) is 0 Å². The van der Waals surface area contributed by atoms with Crippen molar-refractivity contribution in [2.24, 2.45) is 5.92 Å². The molecular formula is C12H14FNOS. The largest absolute Gasteiger partial charge is 0.352 e. The third kappa shape index (κ3) is 2.98. The molecule has 1 aromatic rings. The molecule has 0 bridgehead atoms. The van der Waals surface area contributed by atoms with E-state index >= 15 is 0 Å². The van der Waals surface area contributed by atoms with Gasteiger partial charge in [-0.1, -0.05) is 12.1 Å². The fourth-order valence-corrected chi connectivity index (χ4v) is 2.90. The van der Waals surface area contributed by atoms with Crippen molar-refractivity contribution in [3.05, 3.63) is 35.6 Å². The zero-order valence-corrected chi connectivity index (χ0v) is 9.73. The zero-order chi connectivity index (χ0) is 11.4. The number of halogens is 1. The van der Waals surface area contributed by atoms with E-state index in [1.165, 1.54) is 12.1 Å². The van der Waals surface area contributed by atoms with Gasteiger partial charge in [0.1, 0.15) is 5.82 Å². The number of rotatable bonds is 3. The average molecular weight is 239 g/mol. The molecule has 1 fully saturated rings. The standard InChI is InChI=1S/C12H14FNOS/c13-11-3-1-9(2-4-11)7-14-12(15)10-5-6-16-8-10/h1-4,10H,5-8H2,(H,14,15). The van der Waals surface area contributed by atoms with Gasteiger partial charge in [0, 0.05) is 18.2 Å². The molecule has 2 rings (SSSR count). The van der Waals surface area contributed by atoms with Gasteiger partial charge in [-0.15, -0.1) is 0 Å². The molecule has 1 heterocycles. The summed E-state index contributed by atoms with van der Waals surface area (Å²) in [6.45, 7) is 0.486. The zero-order valence-electron chi connectivity index (χ0n) is 8.91. The number of hydrogen-bond acceptors (Lipinski definition) is 2. The Morgan fingerprint density at radius 2 is 2.19 bits per heavy atom. The predicted octanol–water partition coefficient (Wildman–Crippen LogP) is 2.20. The highest BCUT2D eigenvalue weighted by atomic mass is 32.2. The maximum Gasteiger partial charge on any atom is 0.224 e. The van der Waals surface area contributed by atoms with E-state index < -0.39 is 0 Å². The molecule has 0 aliphatic carbocycles. The second-order valence-corrected chi connectivity index (χ2v) is 5.05. The van der Waals surface area contributed by atoms with Gasteiger partial charge in [0.25, 0.3) is 0 Å². The van der Waals surface area contributed by atoms with E-state index in [9.17, 15) is 9.18 Å². The van der Waals surface area contributed by atoms with Gasteiger partial charge >= 0.3 is 0 Å². The molecular weight excluding hydrogens is 225 g/mol. The first-order valence-electron chi connectivity index (χ1n) is 5.35. The molecule has 0 radical (unpaired) electrons. The summed E-state index contributed by atoms with van der Waals surface area (Å²) in [5, 5.41) is 2.89. The van der Waals surface area contributed by atoms with Crippen LogP contribution in [-0.2, 0) is 11.3 Å². The van der Waals surface area contributed by atoms with Gasteiger partial charge < -0.3 is 5.32 Å². The molecule has 2 nitrogen and oxygen atoms in total. The fourth-order valence-electron chi connectivity index (χ4n) is 1.68. The average Bonchev–Trinajstić information content (AvgIpc) is 2.81. The molecule has 1 aliphatic rings. The lowest BCUT2D eigenvalue weighted by atomic mass is 10.1. The number of nitrogens with one attached hydrogen (secondary N) is 1. The van der Waals surface area contributed by atoms with Crippen LogP contribution in [0.15, 0.2) is 24.3 Å². The van der Waals surface area contributed by atoms with E-state index in [0.29, 0.717) is 6.54 Å². The van der Waals surface area contributed by atoms with Gasteiger partial charge in [0.15, 0.2) is 0 Å². The van der Waals surface area contributed by atoms with Crippen LogP contribution in [0.3, 0.4) is 0 Å². The van der Waals surface area contributed by atoms with Crippen LogP contribution in [0, 0.1) is 11.7 Å². The predicted molar refractivity (Wildman–Crippen MR) is 63.7 cm³/mol. The second kappa shape index (κ2) is 5.34. The van der Waals surface area contributed by atoms with Gasteiger partial charge in [0.2, 0.25) is 5.91 Å². The lowest BCUT2D eigenvalue weighted by Crippen LogP contribution is -2.30. The number of benzene rings is 1. The normalized spacial score (nSPS) is 19.7. The van der Waals surface area contributed by atoms with E-state index in [1.54, 1.807) is 12.1 Å². The second-order valence-electron chi connectivity index (χ2n) is 3.90. The van der Waals surface area contributed by atoms with Crippen molar-refractivity contribution in [2.75, 3.05) is 11.5 Å². The van der Waals surface area contributed by atoms with E-state index in [2.05, 4.69) is 5.32 Å². The molecule has 1 unspecified atom stereocenters. The maximum atomic E-state index is 12.6. The van der Waals surface area contributed by atoms with E-state index in [-0.39, 0.29) is 17.6 Å². The Labute approximate surface area is 98.6 Å². The number of carbonyl (C=O) groups excluding carboxylic acids is 1. The minimum Gasteiger partial charge on any atom is -0.352 e. The topological polar surface area (TPSA) is 29.1 Å². The van der Waals surface area contributed by atoms with Crippen molar-refractivity contribution >= 4 is 17.7 Å². The minimum absolute atomic E-state index is 0.120. The number of amides is 1. The highest BCUT2D eigenvalue weighted by molar-refractivity contribution is 7.99. The quantitative estimate of drug-likeness (QED) is 0.876. The van der Waals surface area contributed by atoms with E-state index in [1.807, 2.05) is 11.8 Å². The Bertz CT molecular complexity index is 360. The van der Waals surface area contributed by atoms with Crippen molar-refractivity contribution in [3.8, 4) is 0 Å². The molecule has 0 saturated carbocycles. The van der Waals surface area contributed by atoms with Crippen LogP contribution in [0.5, 0.6) is 0 Å². The summed E-state index contributed by atoms with van der Waals surface area (Å²) in [6.07, 6.45) is 0.972. The maximum absolute atomic E-state index is 12.6. The molecule has 1 atom stereocenters. The number of thioether (sulfide) groups is 1. The first-order chi connectivity index (χ1) is 7.75. The molecule has 86 valence electrons. The molecule has 1 aromatic carbocycles. The van der Waals surface area contributed by atoms with Crippen LogP contribution in [0.25, 0.3) is 0 Å². The summed E-state index contributed by atoms with van der Waals surface area (Å²) in [5.74, 6) is 2.03. The highest BCUT2D eigenvalue weighted by Crippen LogP contribution is 2.23. The van der Waals surface area contributed by atoms with Gasteiger partial charge in [-0.25, -0.2) is 4.39 Å². The minimum atomic E-state index is -0.248. The molecule has 1 N–H and O–H groups in total. The molecule has 1 aliphatic heterocycles. The molecule has 0 aromatic heterocycles. The van der Waals surface area contributed by atoms with Crippen molar-refractivity contribution in [3.63, 3.8) is 0 Å². The van der Waals surface area contributed by atoms with Crippen LogP contribution < -0.4 is 5.32 Å². The van der Waals surface area contributed by atoms with Crippen molar-refractivity contribution in [1.29, 1.82) is 0 Å². The summed E-state index contributed by atoms with van der Waals surface area (Å²) in [5.41, 5.74) is 0.931. The Hall–Kier alpha value is -1.03. The lowest BCUT2D eigenvalue weighted by molar-refractivity contribution is -0.124. The van der Waals surface area contributed by atoms with Crippen LogP contribution in [0.4, 0.5) is 4.39 Å². The first kappa shape index (κ1) is 11.5. The summed E-state index contributed by atoms with van der Waals surface area (Å²) in [4.78, 5) is 11.7. The molecule has 1 saturated heterocycles. The number of carbonyl (C=O) groups is 1. The number of hydrogen-bond donors (Lipinski definition) is 1. The summed E-state index contributed by atoms with van der Waals surface area (Å²) < 4.78 is 12.6. The lowest BCUT2D eigenvalue weighted by Gasteiger charge is -2.09. The highest BCUT2D eigenvalue weighted by Gasteiger charge is 2.22. The smallest absolute Gasteiger partial charge is 0.224 e. The summed E-state index contributed by atoms with van der Waals surface area (Å²) >= 11 is 1.82. The molecule has 1 amide bonds. The van der Waals surface area contributed by atoms with Crippen molar-refractivity contribution < 1.29 is 9.18 Å². The van der Waals surface area contributed by atoms with Crippen LogP contribution >= 0.6 is 11.8 Å². The monoisotopic (exact) mass is 239 g/mol. The van der Waals surface area contributed by atoms with Crippen LogP contribution in [-0.4, -0.2) is 17.4 Å². The Balaban J connectivity index is 1.82. The molecule has 4 heteroatoms. The van der Waals surface area contributed by atoms with Gasteiger partial charge in [0.05, 0.1) is 0 Å². The van der Waals surface area contributed by atoms with E-state index in [4.69, 9.17) is 0 Å². The molecule has 16 heavy (non-hydrogen) atoms.